The van der Waals surface area contributed by atoms with Gasteiger partial charge < -0.3 is 11.5 Å². The van der Waals surface area contributed by atoms with Crippen LogP contribution in [-0.4, -0.2) is 0 Å². The highest BCUT2D eigenvalue weighted by Gasteiger charge is 1.99. The van der Waals surface area contributed by atoms with E-state index in [1.807, 2.05) is 0 Å². The van der Waals surface area contributed by atoms with E-state index in [-0.39, 0.29) is 0 Å². The van der Waals surface area contributed by atoms with Crippen molar-refractivity contribution in [3.05, 3.63) is 16.6 Å². The van der Waals surface area contributed by atoms with Crippen LogP contribution in [-0.2, 0) is 0 Å². The van der Waals surface area contributed by atoms with E-state index in [4.69, 9.17) is 11.5 Å². The number of hydrogen-bond donors (Lipinski definition) is 3. The van der Waals surface area contributed by atoms with Gasteiger partial charge in [0, 0.05) is 9.37 Å². The molecule has 0 amide bonds. The van der Waals surface area contributed by atoms with E-state index < -0.39 is 0 Å². The third-order valence-corrected chi connectivity index (χ3v) is 1.98. The molecule has 54 valence electrons. The summed E-state index contributed by atoms with van der Waals surface area (Å²) >= 11 is 7.36. The van der Waals surface area contributed by atoms with Crippen LogP contribution >= 0.6 is 28.6 Å². The Labute approximate surface area is 73.1 Å². The second-order valence-electron chi connectivity index (χ2n) is 1.93. The van der Waals surface area contributed by atoms with E-state index in [9.17, 15) is 0 Å². The molecule has 0 radical (unpaired) electrons. The van der Waals surface area contributed by atoms with Crippen LogP contribution in [0.5, 0.6) is 0 Å². The van der Waals surface area contributed by atoms with Gasteiger partial charge in [-0.1, -0.05) is 15.9 Å². The molecule has 2 nitrogen and oxygen atoms in total. The van der Waals surface area contributed by atoms with Crippen molar-refractivity contribution in [3.63, 3.8) is 0 Å². The molecule has 0 saturated heterocycles. The zero-order valence-electron chi connectivity index (χ0n) is 5.13. The van der Waals surface area contributed by atoms with Gasteiger partial charge in [-0.3, -0.25) is 0 Å². The first-order valence-electron chi connectivity index (χ1n) is 2.64. The van der Waals surface area contributed by atoms with Crippen molar-refractivity contribution in [2.24, 2.45) is 0 Å². The van der Waals surface area contributed by atoms with Crippen LogP contribution < -0.4 is 11.5 Å². The molecule has 0 aliphatic carbocycles. The minimum atomic E-state index is 0.534. The number of rotatable bonds is 0. The molecule has 4 heteroatoms. The number of halogens is 1. The van der Waals surface area contributed by atoms with Crippen molar-refractivity contribution >= 4 is 39.9 Å². The summed E-state index contributed by atoms with van der Waals surface area (Å²) in [4.78, 5) is 0.701. The van der Waals surface area contributed by atoms with Crippen LogP contribution in [0.15, 0.2) is 21.5 Å². The highest BCUT2D eigenvalue weighted by atomic mass is 79.9. The number of anilines is 2. The van der Waals surface area contributed by atoms with Gasteiger partial charge in [-0.2, -0.15) is 0 Å². The van der Waals surface area contributed by atoms with Gasteiger partial charge in [0.1, 0.15) is 0 Å². The maximum absolute atomic E-state index is 5.53. The van der Waals surface area contributed by atoms with Gasteiger partial charge in [-0.05, 0) is 12.1 Å². The molecule has 0 bridgehead atoms. The van der Waals surface area contributed by atoms with Crippen LogP contribution in [0.4, 0.5) is 11.4 Å². The lowest BCUT2D eigenvalue weighted by Crippen LogP contribution is -1.95. The molecule has 1 rings (SSSR count). The van der Waals surface area contributed by atoms with Crippen molar-refractivity contribution in [2.75, 3.05) is 11.5 Å². The maximum Gasteiger partial charge on any atom is 0.0684 e. The Bertz CT molecular complexity index is 239. The first-order valence-corrected chi connectivity index (χ1v) is 3.88. The Morgan fingerprint density at radius 3 is 2.40 bits per heavy atom. The molecule has 0 heterocycles. The summed E-state index contributed by atoms with van der Waals surface area (Å²) in [6, 6.07) is 3.55. The molecule has 0 fully saturated rings. The van der Waals surface area contributed by atoms with Gasteiger partial charge in [-0.15, -0.1) is 12.6 Å². The number of thiol groups is 1. The summed E-state index contributed by atoms with van der Waals surface area (Å²) < 4.78 is 0.893. The highest BCUT2D eigenvalue weighted by Crippen LogP contribution is 2.27. The van der Waals surface area contributed by atoms with Crippen LogP contribution in [0, 0.1) is 0 Å². The van der Waals surface area contributed by atoms with Crippen LogP contribution in [0.3, 0.4) is 0 Å². The topological polar surface area (TPSA) is 52.0 Å². The summed E-state index contributed by atoms with van der Waals surface area (Å²) in [6.45, 7) is 0. The molecule has 0 aromatic heterocycles. The van der Waals surface area contributed by atoms with Gasteiger partial charge in [0.15, 0.2) is 0 Å². The summed E-state index contributed by atoms with van der Waals surface area (Å²) in [7, 11) is 0. The predicted molar refractivity (Wildman–Crippen MR) is 50.2 cm³/mol. The molecular weight excluding hydrogens is 212 g/mol. The monoisotopic (exact) mass is 218 g/mol. The molecule has 0 unspecified atom stereocenters. The van der Waals surface area contributed by atoms with Crippen LogP contribution in [0.2, 0.25) is 0 Å². The third kappa shape index (κ3) is 1.38. The fraction of sp³-hybridized carbons (Fsp3) is 0. The molecule has 0 aliphatic rings. The number of benzene rings is 1. The van der Waals surface area contributed by atoms with E-state index in [0.29, 0.717) is 16.3 Å². The summed E-state index contributed by atoms with van der Waals surface area (Å²) in [6.07, 6.45) is 0. The molecule has 1 aromatic rings. The van der Waals surface area contributed by atoms with Gasteiger partial charge in [0.2, 0.25) is 0 Å². The quantitative estimate of drug-likeness (QED) is 0.461. The molecule has 1 aromatic carbocycles. The van der Waals surface area contributed by atoms with E-state index >= 15 is 0 Å². The average molecular weight is 219 g/mol. The number of nitrogen functional groups attached to an aromatic ring is 2. The van der Waals surface area contributed by atoms with Gasteiger partial charge in [0.25, 0.3) is 0 Å². The van der Waals surface area contributed by atoms with E-state index in [1.54, 1.807) is 12.1 Å². The minimum absolute atomic E-state index is 0.534. The zero-order valence-corrected chi connectivity index (χ0v) is 7.62. The summed E-state index contributed by atoms with van der Waals surface area (Å²) in [5, 5.41) is 0. The Kier molecular flexibility index (Phi) is 2.11. The lowest BCUT2D eigenvalue weighted by atomic mass is 10.3. The second-order valence-corrected chi connectivity index (χ2v) is 3.33. The molecule has 0 saturated carbocycles. The maximum atomic E-state index is 5.53. The Balaban J connectivity index is 3.31. The van der Waals surface area contributed by atoms with E-state index in [2.05, 4.69) is 28.6 Å². The van der Waals surface area contributed by atoms with Crippen molar-refractivity contribution in [3.8, 4) is 0 Å². The Morgan fingerprint density at radius 2 is 1.90 bits per heavy atom. The lowest BCUT2D eigenvalue weighted by molar-refractivity contribution is 1.45. The zero-order chi connectivity index (χ0) is 7.72. The molecule has 4 N–H and O–H groups in total. The SMILES string of the molecule is Nc1cc(Br)cc(S)c1N. The predicted octanol–water partition coefficient (Wildman–Crippen LogP) is 1.90. The smallest absolute Gasteiger partial charge is 0.0684 e. The first kappa shape index (κ1) is 7.75. The fourth-order valence-corrected chi connectivity index (χ4v) is 1.54. The van der Waals surface area contributed by atoms with Crippen molar-refractivity contribution in [2.45, 2.75) is 4.90 Å². The van der Waals surface area contributed by atoms with Crippen LogP contribution in [0.25, 0.3) is 0 Å². The van der Waals surface area contributed by atoms with Crippen molar-refractivity contribution in [1.82, 2.24) is 0 Å². The summed E-state index contributed by atoms with van der Waals surface area (Å²) in [5.74, 6) is 0. The normalized spacial score (nSPS) is 9.80. The fourth-order valence-electron chi connectivity index (χ4n) is 0.624. The number of nitrogens with two attached hydrogens (primary N) is 2. The van der Waals surface area contributed by atoms with Crippen molar-refractivity contribution < 1.29 is 0 Å². The largest absolute Gasteiger partial charge is 0.397 e. The van der Waals surface area contributed by atoms with Gasteiger partial charge in [0.05, 0.1) is 11.4 Å². The van der Waals surface area contributed by atoms with Gasteiger partial charge in [-0.25, -0.2) is 0 Å². The standard InChI is InChI=1S/C6H7BrN2S/c7-3-1-4(8)6(9)5(10)2-3/h1-2,10H,8-9H2. The van der Waals surface area contributed by atoms with Gasteiger partial charge >= 0.3 is 0 Å². The molecule has 0 aliphatic heterocycles. The Hall–Kier alpha value is -0.350. The third-order valence-electron chi connectivity index (χ3n) is 1.15. The molecule has 0 spiro atoms. The summed E-state index contributed by atoms with van der Waals surface area (Å²) in [5.41, 5.74) is 12.1. The first-order chi connectivity index (χ1) is 4.61. The molecular formula is C6H7BrN2S. The highest BCUT2D eigenvalue weighted by molar-refractivity contribution is 9.10. The molecule has 10 heavy (non-hydrogen) atoms. The Morgan fingerprint density at radius 1 is 1.30 bits per heavy atom. The van der Waals surface area contributed by atoms with Crippen molar-refractivity contribution in [1.29, 1.82) is 0 Å². The van der Waals surface area contributed by atoms with Crippen LogP contribution in [0.1, 0.15) is 0 Å². The lowest BCUT2D eigenvalue weighted by Gasteiger charge is -2.02. The minimum Gasteiger partial charge on any atom is -0.397 e. The average Bonchev–Trinajstić information content (AvgIpc) is 1.82. The second kappa shape index (κ2) is 2.72. The van der Waals surface area contributed by atoms with E-state index in [1.165, 1.54) is 0 Å². The number of hydrogen-bond acceptors (Lipinski definition) is 3. The van der Waals surface area contributed by atoms with E-state index in [0.717, 1.165) is 4.47 Å². The molecule has 0 atom stereocenters.